The molecule has 1 heterocycles. The molecule has 0 unspecified atom stereocenters. The van der Waals surface area contributed by atoms with Crippen LogP contribution in [-0.4, -0.2) is 27.4 Å². The van der Waals surface area contributed by atoms with Crippen molar-refractivity contribution in [3.63, 3.8) is 0 Å². The second-order valence-corrected chi connectivity index (χ2v) is 18.9. The minimum atomic E-state index is -1.95. The molecule has 1 rings (SSSR count). The van der Waals surface area contributed by atoms with Gasteiger partial charge in [-0.1, -0.05) is 41.5 Å². The van der Waals surface area contributed by atoms with Crippen molar-refractivity contribution in [3.8, 4) is 0 Å². The Kier molecular flexibility index (Phi) is 5.69. The fraction of sp³-hybridized carbons (Fsp3) is 0.667. The van der Waals surface area contributed by atoms with Crippen molar-refractivity contribution < 1.29 is 4.43 Å². The van der Waals surface area contributed by atoms with Gasteiger partial charge in [-0.25, -0.2) is 0 Å². The van der Waals surface area contributed by atoms with Gasteiger partial charge in [0.05, 0.1) is 5.56 Å². The summed E-state index contributed by atoms with van der Waals surface area (Å²) >= 11 is 0. The molecule has 0 saturated carbocycles. The molecule has 5 heteroatoms. The highest BCUT2D eigenvalue weighted by atomic mass is 28.4. The molecular formula is C18H34N2OSi2. The molecule has 0 aromatic carbocycles. The second-order valence-electron chi connectivity index (χ2n) is 9.33. The van der Waals surface area contributed by atoms with Gasteiger partial charge in [0.1, 0.15) is 0 Å². The maximum Gasteiger partial charge on any atom is 0.252 e. The summed E-state index contributed by atoms with van der Waals surface area (Å²) in [7, 11) is -3.80. The lowest BCUT2D eigenvalue weighted by molar-refractivity contribution is 0.487. The Labute approximate surface area is 144 Å². The Bertz CT molecular complexity index is 553. The van der Waals surface area contributed by atoms with E-state index in [4.69, 9.17) is 9.08 Å². The summed E-state index contributed by atoms with van der Waals surface area (Å²) in [6.45, 7) is 22.7. The predicted octanol–water partition coefficient (Wildman–Crippen LogP) is 5.86. The van der Waals surface area contributed by atoms with Crippen molar-refractivity contribution in [2.45, 2.75) is 77.8 Å². The van der Waals surface area contributed by atoms with E-state index in [1.165, 1.54) is 0 Å². The lowest BCUT2D eigenvalue weighted by Crippen LogP contribution is -2.44. The van der Waals surface area contributed by atoms with Crippen molar-refractivity contribution in [1.82, 2.24) is 4.98 Å². The Morgan fingerprint density at radius 2 is 1.57 bits per heavy atom. The van der Waals surface area contributed by atoms with Crippen molar-refractivity contribution in [2.24, 2.45) is 4.66 Å². The van der Waals surface area contributed by atoms with Gasteiger partial charge in [-0.05, 0) is 48.4 Å². The quantitative estimate of drug-likeness (QED) is 0.389. The smallest absolute Gasteiger partial charge is 0.252 e. The first-order valence-corrected chi connectivity index (χ1v) is 14.2. The number of hydrogen-bond acceptors (Lipinski definition) is 3. The van der Waals surface area contributed by atoms with E-state index in [9.17, 15) is 0 Å². The van der Waals surface area contributed by atoms with E-state index in [0.717, 1.165) is 11.5 Å². The lowest BCUT2D eigenvalue weighted by atomic mass is 10.2. The summed E-state index contributed by atoms with van der Waals surface area (Å²) in [5.74, 6) is 0.788. The van der Waals surface area contributed by atoms with Crippen LogP contribution in [0.3, 0.4) is 0 Å². The molecule has 0 fully saturated rings. The summed E-state index contributed by atoms with van der Waals surface area (Å²) in [6.07, 6.45) is 3.65. The number of hydrogen-bond donors (Lipinski definition) is 0. The van der Waals surface area contributed by atoms with Crippen LogP contribution in [0.5, 0.6) is 0 Å². The zero-order chi connectivity index (χ0) is 18.1. The molecule has 1 aromatic heterocycles. The van der Waals surface area contributed by atoms with Gasteiger partial charge in [-0.15, -0.1) is 0 Å². The monoisotopic (exact) mass is 350 g/mol. The van der Waals surface area contributed by atoms with Crippen LogP contribution in [0.2, 0.25) is 36.3 Å². The third kappa shape index (κ3) is 5.01. The van der Waals surface area contributed by atoms with Crippen LogP contribution < -0.4 is 0 Å². The molecule has 0 aliphatic heterocycles. The molecule has 0 amide bonds. The molecule has 0 atom stereocenters. The van der Waals surface area contributed by atoms with Crippen LogP contribution in [0.15, 0.2) is 29.2 Å². The van der Waals surface area contributed by atoms with E-state index in [-0.39, 0.29) is 10.1 Å². The van der Waals surface area contributed by atoms with Gasteiger partial charge in [-0.3, -0.25) is 9.64 Å². The molecule has 0 spiro atoms. The van der Waals surface area contributed by atoms with Crippen LogP contribution in [0.1, 0.15) is 47.1 Å². The molecule has 0 aliphatic rings. The van der Waals surface area contributed by atoms with Crippen molar-refractivity contribution in [1.29, 1.82) is 0 Å². The Morgan fingerprint density at radius 1 is 1.00 bits per heavy atom. The molecule has 0 saturated heterocycles. The first-order chi connectivity index (χ1) is 10.2. The largest absolute Gasteiger partial charge is 0.531 e. The van der Waals surface area contributed by atoms with Gasteiger partial charge >= 0.3 is 0 Å². The summed E-state index contributed by atoms with van der Waals surface area (Å²) in [4.78, 5) is 4.26. The molecular weight excluding hydrogens is 316 g/mol. The topological polar surface area (TPSA) is 34.5 Å². The average Bonchev–Trinajstić information content (AvgIpc) is 2.35. The Hall–Kier alpha value is -0.946. The predicted molar refractivity (Wildman–Crippen MR) is 106 cm³/mol. The number of nitrogens with zero attached hydrogens (tertiary/aromatic N) is 2. The third-order valence-electron chi connectivity index (χ3n) is 5.28. The van der Waals surface area contributed by atoms with Gasteiger partial charge in [0.15, 0.2) is 14.1 Å². The summed E-state index contributed by atoms with van der Waals surface area (Å²) in [5.41, 5.74) is 0.988. The molecule has 0 aliphatic carbocycles. The first kappa shape index (κ1) is 20.1. The molecule has 23 heavy (non-hydrogen) atoms. The van der Waals surface area contributed by atoms with Gasteiger partial charge < -0.3 is 4.43 Å². The van der Waals surface area contributed by atoms with E-state index in [2.05, 4.69) is 72.7 Å². The van der Waals surface area contributed by atoms with Crippen LogP contribution in [0.4, 0.5) is 0 Å². The lowest BCUT2D eigenvalue weighted by Gasteiger charge is -2.39. The minimum Gasteiger partial charge on any atom is -0.531 e. The minimum absolute atomic E-state index is 0.142. The molecule has 0 N–H and O–H groups in total. The highest BCUT2D eigenvalue weighted by Crippen LogP contribution is 2.39. The fourth-order valence-corrected chi connectivity index (χ4v) is 3.51. The number of rotatable bonds is 3. The SMILES string of the molecule is CC(C)(C)[Si](C)(C)N=C(O[Si](C)(C)C(C)(C)C)c1cccnc1. The fourth-order valence-electron chi connectivity index (χ4n) is 1.45. The van der Waals surface area contributed by atoms with Crippen LogP contribution in [0.25, 0.3) is 0 Å². The Balaban J connectivity index is 3.36. The highest BCUT2D eigenvalue weighted by molar-refractivity contribution is 6.80. The maximum absolute atomic E-state index is 6.60. The van der Waals surface area contributed by atoms with Crippen molar-refractivity contribution in [2.75, 3.05) is 0 Å². The van der Waals surface area contributed by atoms with Gasteiger partial charge in [0.25, 0.3) is 8.32 Å². The second kappa shape index (κ2) is 6.51. The van der Waals surface area contributed by atoms with Crippen molar-refractivity contribution >= 4 is 22.5 Å². The summed E-state index contributed by atoms with van der Waals surface area (Å²) < 4.78 is 11.8. The van der Waals surface area contributed by atoms with Crippen molar-refractivity contribution in [3.05, 3.63) is 30.1 Å². The standard InChI is InChI=1S/C18H34N2OSi2/c1-17(2,3)22(7,8)20-16(15-12-11-13-19-14-15)21-23(9,10)18(4,5)6/h11-14H,1-10H3. The zero-order valence-electron chi connectivity index (χ0n) is 16.6. The average molecular weight is 351 g/mol. The van der Waals surface area contributed by atoms with Gasteiger partial charge in [0.2, 0.25) is 0 Å². The summed E-state index contributed by atoms with van der Waals surface area (Å²) in [6, 6.07) is 4.00. The Morgan fingerprint density at radius 3 is 1.96 bits per heavy atom. The summed E-state index contributed by atoms with van der Waals surface area (Å²) in [5, 5.41) is 0.320. The van der Waals surface area contributed by atoms with Gasteiger partial charge in [0, 0.05) is 12.4 Å². The first-order valence-electron chi connectivity index (χ1n) is 8.37. The highest BCUT2D eigenvalue weighted by Gasteiger charge is 2.42. The number of pyridine rings is 1. The van der Waals surface area contributed by atoms with Crippen LogP contribution in [0, 0.1) is 0 Å². The van der Waals surface area contributed by atoms with E-state index in [1.807, 2.05) is 18.3 Å². The zero-order valence-corrected chi connectivity index (χ0v) is 18.6. The normalized spacial score (nSPS) is 14.8. The molecule has 3 nitrogen and oxygen atoms in total. The number of aromatic nitrogens is 1. The van der Waals surface area contributed by atoms with Gasteiger partial charge in [-0.2, -0.15) is 0 Å². The van der Waals surface area contributed by atoms with Crippen LogP contribution >= 0.6 is 0 Å². The maximum atomic E-state index is 6.60. The van der Waals surface area contributed by atoms with E-state index in [1.54, 1.807) is 6.20 Å². The van der Waals surface area contributed by atoms with E-state index >= 15 is 0 Å². The molecule has 130 valence electrons. The van der Waals surface area contributed by atoms with Crippen LogP contribution in [-0.2, 0) is 4.43 Å². The molecule has 0 radical (unpaired) electrons. The molecule has 1 aromatic rings. The van der Waals surface area contributed by atoms with E-state index in [0.29, 0.717) is 0 Å². The molecule has 0 bridgehead atoms. The third-order valence-corrected chi connectivity index (χ3v) is 14.0. The van der Waals surface area contributed by atoms with E-state index < -0.39 is 16.6 Å².